The highest BCUT2D eigenvalue weighted by Crippen LogP contribution is 2.27. The number of thiophene rings is 1. The summed E-state index contributed by atoms with van der Waals surface area (Å²) in [6.07, 6.45) is 1.59. The largest absolute Gasteiger partial charge is 0.493 e. The Hall–Kier alpha value is -1.62. The lowest BCUT2D eigenvalue weighted by Gasteiger charge is -2.04. The van der Waals surface area contributed by atoms with Crippen LogP contribution in [0.5, 0.6) is 5.75 Å². The van der Waals surface area contributed by atoms with Crippen LogP contribution in [0.25, 0.3) is 0 Å². The quantitative estimate of drug-likeness (QED) is 0.798. The first-order valence-corrected chi connectivity index (χ1v) is 6.61. The van der Waals surface area contributed by atoms with Gasteiger partial charge in [-0.05, 0) is 32.4 Å². The molecule has 0 spiro atoms. The predicted molar refractivity (Wildman–Crippen MR) is 71.7 cm³/mol. The van der Waals surface area contributed by atoms with Crippen LogP contribution in [0.4, 0.5) is 0 Å². The van der Waals surface area contributed by atoms with Crippen molar-refractivity contribution < 1.29 is 9.53 Å². The maximum atomic E-state index is 12.5. The molecule has 0 aromatic carbocycles. The molecular formula is C13H16N2O2S. The molecule has 0 unspecified atom stereocenters. The van der Waals surface area contributed by atoms with Crippen molar-refractivity contribution in [3.8, 4) is 5.75 Å². The third-order valence-electron chi connectivity index (χ3n) is 2.93. The number of carbonyl (C=O) groups is 1. The van der Waals surface area contributed by atoms with E-state index in [0.717, 1.165) is 10.4 Å². The molecule has 0 saturated carbocycles. The molecule has 5 heteroatoms. The van der Waals surface area contributed by atoms with Crippen LogP contribution in [-0.2, 0) is 6.54 Å². The van der Waals surface area contributed by atoms with E-state index in [1.165, 1.54) is 16.2 Å². The summed E-state index contributed by atoms with van der Waals surface area (Å²) in [7, 11) is 1.55. The maximum absolute atomic E-state index is 12.5. The van der Waals surface area contributed by atoms with Crippen molar-refractivity contribution in [2.45, 2.75) is 27.3 Å². The third-order valence-corrected chi connectivity index (χ3v) is 4.08. The Morgan fingerprint density at radius 1 is 1.50 bits per heavy atom. The monoisotopic (exact) mass is 264 g/mol. The van der Waals surface area contributed by atoms with Crippen molar-refractivity contribution in [1.82, 2.24) is 9.78 Å². The fourth-order valence-electron chi connectivity index (χ4n) is 1.79. The number of nitrogens with zero attached hydrogens (tertiary/aromatic N) is 2. The van der Waals surface area contributed by atoms with Gasteiger partial charge in [0.25, 0.3) is 0 Å². The summed E-state index contributed by atoms with van der Waals surface area (Å²) in [5.41, 5.74) is 1.67. The van der Waals surface area contributed by atoms with E-state index in [1.807, 2.05) is 26.8 Å². The molecule has 0 amide bonds. The van der Waals surface area contributed by atoms with Crippen molar-refractivity contribution in [3.63, 3.8) is 0 Å². The van der Waals surface area contributed by atoms with Crippen LogP contribution in [0.2, 0.25) is 0 Å². The number of carbonyl (C=O) groups excluding carboxylic acids is 1. The summed E-state index contributed by atoms with van der Waals surface area (Å²) in [5.74, 6) is 0.512. The second-order valence-electron chi connectivity index (χ2n) is 4.06. The minimum absolute atomic E-state index is 0.0209. The molecule has 2 rings (SSSR count). The smallest absolute Gasteiger partial charge is 0.224 e. The number of ketones is 1. The van der Waals surface area contributed by atoms with Crippen LogP contribution in [0.1, 0.15) is 32.7 Å². The van der Waals surface area contributed by atoms with Gasteiger partial charge in [-0.25, -0.2) is 0 Å². The average Bonchev–Trinajstić information content (AvgIpc) is 2.92. The summed E-state index contributed by atoms with van der Waals surface area (Å²) in [4.78, 5) is 14.4. The Bertz CT molecular complexity index is 543. The van der Waals surface area contributed by atoms with Crippen molar-refractivity contribution in [2.75, 3.05) is 7.11 Å². The molecular weight excluding hydrogens is 248 g/mol. The van der Waals surface area contributed by atoms with Crippen LogP contribution in [-0.4, -0.2) is 22.7 Å². The van der Waals surface area contributed by atoms with Gasteiger partial charge in [0.1, 0.15) is 0 Å². The number of methoxy groups -OCH3 is 1. The van der Waals surface area contributed by atoms with Crippen LogP contribution in [0, 0.1) is 13.8 Å². The summed E-state index contributed by atoms with van der Waals surface area (Å²) >= 11 is 1.51. The zero-order chi connectivity index (χ0) is 13.3. The van der Waals surface area contributed by atoms with Crippen molar-refractivity contribution >= 4 is 17.1 Å². The Balaban J connectivity index is 2.47. The summed E-state index contributed by atoms with van der Waals surface area (Å²) in [5, 5.41) is 4.16. The van der Waals surface area contributed by atoms with Gasteiger partial charge in [0.2, 0.25) is 5.78 Å². The Morgan fingerprint density at radius 3 is 2.72 bits per heavy atom. The molecule has 2 aromatic heterocycles. The SMILES string of the molecule is CCn1ncc(OC)c1C(=O)c1cc(C)c(C)s1. The molecule has 0 aliphatic rings. The number of aromatic nitrogens is 2. The number of rotatable bonds is 4. The highest BCUT2D eigenvalue weighted by molar-refractivity contribution is 7.14. The minimum atomic E-state index is -0.0209. The topological polar surface area (TPSA) is 44.1 Å². The molecule has 2 heterocycles. The van der Waals surface area contributed by atoms with E-state index in [0.29, 0.717) is 18.0 Å². The second-order valence-corrected chi connectivity index (χ2v) is 5.31. The first kappa shape index (κ1) is 12.8. The number of hydrogen-bond acceptors (Lipinski definition) is 4. The number of aryl methyl sites for hydroxylation is 3. The molecule has 2 aromatic rings. The third kappa shape index (κ3) is 2.06. The van der Waals surface area contributed by atoms with E-state index >= 15 is 0 Å². The lowest BCUT2D eigenvalue weighted by atomic mass is 10.2. The summed E-state index contributed by atoms with van der Waals surface area (Å²) in [6, 6.07) is 1.93. The second kappa shape index (κ2) is 4.94. The highest BCUT2D eigenvalue weighted by Gasteiger charge is 2.22. The lowest BCUT2D eigenvalue weighted by molar-refractivity contribution is 0.102. The van der Waals surface area contributed by atoms with Gasteiger partial charge in [0.15, 0.2) is 11.4 Å². The maximum Gasteiger partial charge on any atom is 0.224 e. The van der Waals surface area contributed by atoms with Crippen molar-refractivity contribution in [3.05, 3.63) is 33.3 Å². The highest BCUT2D eigenvalue weighted by atomic mass is 32.1. The molecule has 96 valence electrons. The number of hydrogen-bond donors (Lipinski definition) is 0. The molecule has 0 radical (unpaired) electrons. The zero-order valence-electron chi connectivity index (χ0n) is 11.0. The number of ether oxygens (including phenoxy) is 1. The van der Waals surface area contributed by atoms with Crippen LogP contribution >= 0.6 is 11.3 Å². The first-order valence-electron chi connectivity index (χ1n) is 5.80. The standard InChI is InChI=1S/C13H16N2O2S/c1-5-15-12(10(17-4)7-14-15)13(16)11-6-8(2)9(3)18-11/h6-7H,5H2,1-4H3. The van der Waals surface area contributed by atoms with E-state index < -0.39 is 0 Å². The molecule has 18 heavy (non-hydrogen) atoms. The Morgan fingerprint density at radius 2 is 2.22 bits per heavy atom. The van der Waals surface area contributed by atoms with Crippen molar-refractivity contribution in [2.24, 2.45) is 0 Å². The molecule has 0 aliphatic heterocycles. The van der Waals surface area contributed by atoms with Gasteiger partial charge < -0.3 is 4.74 Å². The summed E-state index contributed by atoms with van der Waals surface area (Å²) < 4.78 is 6.88. The molecule has 0 atom stereocenters. The molecule has 0 fully saturated rings. The van der Waals surface area contributed by atoms with Gasteiger partial charge in [-0.3, -0.25) is 9.48 Å². The fourth-order valence-corrected chi connectivity index (χ4v) is 2.76. The molecule has 0 N–H and O–H groups in total. The molecule has 0 saturated heterocycles. The normalized spacial score (nSPS) is 10.7. The Kier molecular flexibility index (Phi) is 3.52. The van der Waals surface area contributed by atoms with E-state index in [9.17, 15) is 4.79 Å². The molecule has 4 nitrogen and oxygen atoms in total. The molecule has 0 bridgehead atoms. The lowest BCUT2D eigenvalue weighted by Crippen LogP contribution is -2.10. The van der Waals surface area contributed by atoms with Gasteiger partial charge in [-0.1, -0.05) is 0 Å². The van der Waals surface area contributed by atoms with E-state index in [2.05, 4.69) is 5.10 Å². The van der Waals surface area contributed by atoms with Gasteiger partial charge in [-0.15, -0.1) is 11.3 Å². The first-order chi connectivity index (χ1) is 8.58. The van der Waals surface area contributed by atoms with E-state index in [1.54, 1.807) is 18.0 Å². The fraction of sp³-hybridized carbons (Fsp3) is 0.385. The average molecular weight is 264 g/mol. The van der Waals surface area contributed by atoms with E-state index in [-0.39, 0.29) is 5.78 Å². The van der Waals surface area contributed by atoms with Gasteiger partial charge in [0.05, 0.1) is 18.2 Å². The Labute approximate surface area is 110 Å². The van der Waals surface area contributed by atoms with Gasteiger partial charge >= 0.3 is 0 Å². The summed E-state index contributed by atoms with van der Waals surface area (Å²) in [6.45, 7) is 6.63. The van der Waals surface area contributed by atoms with E-state index in [4.69, 9.17) is 4.74 Å². The minimum Gasteiger partial charge on any atom is -0.493 e. The zero-order valence-corrected chi connectivity index (χ0v) is 11.8. The van der Waals surface area contributed by atoms with Gasteiger partial charge in [0, 0.05) is 11.4 Å². The van der Waals surface area contributed by atoms with Crippen LogP contribution < -0.4 is 4.74 Å². The van der Waals surface area contributed by atoms with Crippen molar-refractivity contribution in [1.29, 1.82) is 0 Å². The van der Waals surface area contributed by atoms with Gasteiger partial charge in [-0.2, -0.15) is 5.10 Å². The van der Waals surface area contributed by atoms with Crippen LogP contribution in [0.3, 0.4) is 0 Å². The molecule has 0 aliphatic carbocycles. The van der Waals surface area contributed by atoms with Crippen LogP contribution in [0.15, 0.2) is 12.3 Å². The predicted octanol–water partition coefficient (Wildman–Crippen LogP) is 2.82.